The summed E-state index contributed by atoms with van der Waals surface area (Å²) in [5, 5.41) is 0.772. The van der Waals surface area contributed by atoms with Crippen molar-refractivity contribution in [3.63, 3.8) is 0 Å². The van der Waals surface area contributed by atoms with E-state index < -0.39 is 0 Å². The third kappa shape index (κ3) is 2.41. The van der Waals surface area contributed by atoms with Crippen molar-refractivity contribution < 1.29 is 0 Å². The first kappa shape index (κ1) is 11.7. The molecule has 0 aliphatic carbocycles. The fourth-order valence-electron chi connectivity index (χ4n) is 1.77. The van der Waals surface area contributed by atoms with Crippen LogP contribution in [0.25, 0.3) is 21.3 Å². The molecule has 0 N–H and O–H groups in total. The molecule has 1 aromatic heterocycles. The summed E-state index contributed by atoms with van der Waals surface area (Å²) in [6.07, 6.45) is 0. The molecule has 88 valence electrons. The van der Waals surface area contributed by atoms with E-state index in [9.17, 15) is 0 Å². The van der Waals surface area contributed by atoms with Crippen LogP contribution < -0.4 is 0 Å². The van der Waals surface area contributed by atoms with Gasteiger partial charge in [-0.2, -0.15) is 0 Å². The first-order valence-corrected chi connectivity index (χ1v) is 7.61. The molecule has 0 amide bonds. The molecule has 0 atom stereocenters. The van der Waals surface area contributed by atoms with Gasteiger partial charge in [0.15, 0.2) is 0 Å². The van der Waals surface area contributed by atoms with Crippen molar-refractivity contribution in [2.75, 3.05) is 0 Å². The quantitative estimate of drug-likeness (QED) is 0.648. The Morgan fingerprint density at radius 1 is 0.833 bits per heavy atom. The molecule has 0 radical (unpaired) electrons. The molecule has 18 heavy (non-hydrogen) atoms. The van der Waals surface area contributed by atoms with Crippen molar-refractivity contribution in [2.45, 2.75) is 0 Å². The standard InChI is InChI=1S/C15H10ClNSe/c16-13-8-6-12(7-9-13)15-10-14(17-18-15)11-4-2-1-3-5-11/h1-10H. The molecule has 3 aromatic rings. The van der Waals surface area contributed by atoms with Gasteiger partial charge < -0.3 is 0 Å². The van der Waals surface area contributed by atoms with Crippen molar-refractivity contribution >= 4 is 26.3 Å². The van der Waals surface area contributed by atoms with Crippen LogP contribution in [0.5, 0.6) is 0 Å². The van der Waals surface area contributed by atoms with Gasteiger partial charge in [-0.05, 0) is 0 Å². The summed E-state index contributed by atoms with van der Waals surface area (Å²) in [5.41, 5.74) is 3.48. The molecule has 0 aliphatic rings. The molecule has 3 heteroatoms. The second-order valence-corrected chi connectivity index (χ2v) is 6.07. The average Bonchev–Trinajstić information content (AvgIpc) is 2.90. The number of benzene rings is 2. The summed E-state index contributed by atoms with van der Waals surface area (Å²) in [6.45, 7) is 0. The summed E-state index contributed by atoms with van der Waals surface area (Å²) in [7, 11) is 0. The van der Waals surface area contributed by atoms with Crippen LogP contribution in [0.2, 0.25) is 5.02 Å². The van der Waals surface area contributed by atoms with E-state index in [1.807, 2.05) is 30.3 Å². The van der Waals surface area contributed by atoms with Crippen LogP contribution in [0.3, 0.4) is 0 Å². The zero-order valence-electron chi connectivity index (χ0n) is 9.51. The number of hydrogen-bond donors (Lipinski definition) is 0. The van der Waals surface area contributed by atoms with Gasteiger partial charge in [0.1, 0.15) is 0 Å². The molecule has 1 heterocycles. The van der Waals surface area contributed by atoms with Crippen LogP contribution in [-0.2, 0) is 0 Å². The van der Waals surface area contributed by atoms with Gasteiger partial charge in [-0.15, -0.1) is 0 Å². The predicted octanol–water partition coefficient (Wildman–Crippen LogP) is 4.13. The van der Waals surface area contributed by atoms with Gasteiger partial charge in [0, 0.05) is 0 Å². The number of hydrogen-bond acceptors (Lipinski definition) is 1. The van der Waals surface area contributed by atoms with Crippen LogP contribution in [0, 0.1) is 0 Å². The van der Waals surface area contributed by atoms with Gasteiger partial charge in [0.25, 0.3) is 0 Å². The molecule has 1 nitrogen and oxygen atoms in total. The Morgan fingerprint density at radius 3 is 2.28 bits per heavy atom. The number of rotatable bonds is 2. The van der Waals surface area contributed by atoms with E-state index in [1.165, 1.54) is 15.6 Å². The van der Waals surface area contributed by atoms with Gasteiger partial charge in [0.05, 0.1) is 0 Å². The van der Waals surface area contributed by atoms with E-state index >= 15 is 0 Å². The van der Waals surface area contributed by atoms with Crippen LogP contribution >= 0.6 is 11.6 Å². The summed E-state index contributed by atoms with van der Waals surface area (Å²) >= 11 is 6.07. The third-order valence-corrected chi connectivity index (χ3v) is 4.72. The molecule has 2 aromatic carbocycles. The van der Waals surface area contributed by atoms with Crippen LogP contribution in [0.4, 0.5) is 0 Å². The zero-order chi connectivity index (χ0) is 12.4. The Labute approximate surface area is 117 Å². The molecule has 0 spiro atoms. The molecular formula is C15H10ClNSe. The normalized spacial score (nSPS) is 10.5. The second kappa shape index (κ2) is 5.11. The van der Waals surface area contributed by atoms with Crippen molar-refractivity contribution in [1.29, 1.82) is 0 Å². The summed E-state index contributed by atoms with van der Waals surface area (Å²) in [5.74, 6) is 0. The van der Waals surface area contributed by atoms with E-state index in [0.717, 1.165) is 10.7 Å². The topological polar surface area (TPSA) is 12.9 Å². The van der Waals surface area contributed by atoms with Crippen LogP contribution in [-0.4, -0.2) is 18.7 Å². The Bertz CT molecular complexity index is 644. The fourth-order valence-corrected chi connectivity index (χ4v) is 3.49. The molecule has 3 rings (SSSR count). The second-order valence-electron chi connectivity index (χ2n) is 3.95. The first-order valence-electron chi connectivity index (χ1n) is 5.61. The molecule has 0 saturated carbocycles. The molecule has 0 aliphatic heterocycles. The van der Waals surface area contributed by atoms with E-state index in [-0.39, 0.29) is 14.7 Å². The van der Waals surface area contributed by atoms with E-state index in [2.05, 4.69) is 34.3 Å². The molecule has 0 fully saturated rings. The van der Waals surface area contributed by atoms with Gasteiger partial charge in [-0.3, -0.25) is 0 Å². The van der Waals surface area contributed by atoms with Gasteiger partial charge in [0.2, 0.25) is 0 Å². The molecule has 0 unspecified atom stereocenters. The van der Waals surface area contributed by atoms with Crippen molar-refractivity contribution in [3.8, 4) is 21.3 Å². The Hall–Kier alpha value is -1.34. The maximum absolute atomic E-state index is 5.90. The van der Waals surface area contributed by atoms with Gasteiger partial charge in [-0.25, -0.2) is 0 Å². The summed E-state index contributed by atoms with van der Waals surface area (Å²) in [4.78, 5) is 0. The average molecular weight is 319 g/mol. The van der Waals surface area contributed by atoms with Crippen molar-refractivity contribution in [1.82, 2.24) is 3.98 Å². The number of nitrogens with zero attached hydrogens (tertiary/aromatic N) is 1. The van der Waals surface area contributed by atoms with Crippen LogP contribution in [0.15, 0.2) is 60.7 Å². The van der Waals surface area contributed by atoms with Crippen molar-refractivity contribution in [3.05, 3.63) is 65.7 Å². The molecule has 0 saturated heterocycles. The Kier molecular flexibility index (Phi) is 3.33. The first-order chi connectivity index (χ1) is 8.83. The van der Waals surface area contributed by atoms with E-state index in [1.54, 1.807) is 0 Å². The molecule has 0 bridgehead atoms. The number of halogens is 1. The van der Waals surface area contributed by atoms with E-state index in [0.29, 0.717) is 0 Å². The monoisotopic (exact) mass is 319 g/mol. The minimum absolute atomic E-state index is 0.166. The van der Waals surface area contributed by atoms with Gasteiger partial charge in [-0.1, -0.05) is 0 Å². The zero-order valence-corrected chi connectivity index (χ0v) is 12.0. The SMILES string of the molecule is Clc1ccc(-c2cc(-c3ccccc3)n[se]2)cc1. The van der Waals surface area contributed by atoms with Crippen molar-refractivity contribution in [2.24, 2.45) is 0 Å². The third-order valence-electron chi connectivity index (χ3n) is 2.71. The Balaban J connectivity index is 1.97. The minimum atomic E-state index is 0.166. The predicted molar refractivity (Wildman–Crippen MR) is 77.1 cm³/mol. The van der Waals surface area contributed by atoms with Crippen LogP contribution in [0.1, 0.15) is 0 Å². The maximum atomic E-state index is 5.90. The summed E-state index contributed by atoms with van der Waals surface area (Å²) in [6, 6.07) is 20.4. The fraction of sp³-hybridized carbons (Fsp3) is 0. The molecular weight excluding hydrogens is 309 g/mol. The summed E-state index contributed by atoms with van der Waals surface area (Å²) < 4.78 is 5.94. The Morgan fingerprint density at radius 2 is 1.56 bits per heavy atom. The van der Waals surface area contributed by atoms with Gasteiger partial charge >= 0.3 is 117 Å². The number of aromatic nitrogens is 1. The van der Waals surface area contributed by atoms with E-state index in [4.69, 9.17) is 11.6 Å².